The van der Waals surface area contributed by atoms with Gasteiger partial charge >= 0.3 is 0 Å². The molecule has 0 spiro atoms. The normalized spacial score (nSPS) is 21.1. The van der Waals surface area contributed by atoms with E-state index >= 15 is 0 Å². The maximum absolute atomic E-state index is 12.2. The number of aliphatic hydroxyl groups is 1. The van der Waals surface area contributed by atoms with E-state index < -0.39 is 10.0 Å². The molecule has 1 aromatic rings. The lowest BCUT2D eigenvalue weighted by atomic mass is 10.2. The van der Waals surface area contributed by atoms with Gasteiger partial charge in [0.15, 0.2) is 0 Å². The van der Waals surface area contributed by atoms with E-state index in [1.165, 1.54) is 0 Å². The number of rotatable bonds is 5. The Bertz CT molecular complexity index is 628. The summed E-state index contributed by atoms with van der Waals surface area (Å²) < 4.78 is 27.2. The third kappa shape index (κ3) is 3.83. The number of aliphatic hydroxyl groups excluding tert-OH is 1. The zero-order valence-corrected chi connectivity index (χ0v) is 12.3. The van der Waals surface area contributed by atoms with Crippen LogP contribution in [-0.2, 0) is 10.0 Å². The van der Waals surface area contributed by atoms with Crippen LogP contribution in [0.1, 0.15) is 31.7 Å². The maximum atomic E-state index is 12.2. The molecule has 0 aromatic heterocycles. The lowest BCUT2D eigenvalue weighted by Crippen LogP contribution is -2.27. The summed E-state index contributed by atoms with van der Waals surface area (Å²) >= 11 is 0. The minimum atomic E-state index is -3.46. The van der Waals surface area contributed by atoms with Crippen molar-refractivity contribution in [1.82, 2.24) is 4.72 Å². The highest BCUT2D eigenvalue weighted by Gasteiger charge is 2.38. The quantitative estimate of drug-likeness (QED) is 0.809. The average molecular weight is 293 g/mol. The molecule has 0 saturated heterocycles. The Morgan fingerprint density at radius 3 is 2.90 bits per heavy atom. The van der Waals surface area contributed by atoms with Crippen LogP contribution < -0.4 is 4.72 Å². The fraction of sp³-hybridized carbons (Fsp3) is 0.467. The predicted octanol–water partition coefficient (Wildman–Crippen LogP) is 1.50. The Hall–Kier alpha value is -1.35. The maximum Gasteiger partial charge on any atom is 0.240 e. The highest BCUT2D eigenvalue weighted by molar-refractivity contribution is 7.89. The second-order valence-electron chi connectivity index (χ2n) is 4.94. The van der Waals surface area contributed by atoms with E-state index in [4.69, 9.17) is 5.11 Å². The van der Waals surface area contributed by atoms with Crippen LogP contribution in [0.15, 0.2) is 29.2 Å². The molecule has 2 N–H and O–H groups in total. The predicted molar refractivity (Wildman–Crippen MR) is 77.5 cm³/mol. The molecule has 1 aliphatic carbocycles. The number of benzene rings is 1. The molecule has 5 heteroatoms. The summed E-state index contributed by atoms with van der Waals surface area (Å²) in [6.07, 6.45) is 2.31. The molecule has 1 saturated carbocycles. The lowest BCUT2D eigenvalue weighted by Gasteiger charge is -2.06. The molecular weight excluding hydrogens is 274 g/mol. The van der Waals surface area contributed by atoms with E-state index in [0.717, 1.165) is 12.8 Å². The molecule has 0 aliphatic heterocycles. The third-order valence-corrected chi connectivity index (χ3v) is 4.85. The first-order chi connectivity index (χ1) is 9.56. The molecule has 0 bridgehead atoms. The van der Waals surface area contributed by atoms with Gasteiger partial charge in [-0.3, -0.25) is 0 Å². The molecule has 0 radical (unpaired) electrons. The Kier molecular flexibility index (Phi) is 4.81. The number of sulfonamides is 1. The van der Waals surface area contributed by atoms with Gasteiger partial charge in [0.1, 0.15) is 0 Å². The molecule has 2 atom stereocenters. The lowest BCUT2D eigenvalue weighted by molar-refractivity contribution is 0.305. The number of hydrogen-bond donors (Lipinski definition) is 2. The molecule has 1 aromatic carbocycles. The van der Waals surface area contributed by atoms with Crippen molar-refractivity contribution in [3.8, 4) is 11.8 Å². The van der Waals surface area contributed by atoms with Crippen LogP contribution in [0, 0.1) is 17.8 Å². The van der Waals surface area contributed by atoms with Gasteiger partial charge in [-0.2, -0.15) is 0 Å². The van der Waals surface area contributed by atoms with Crippen LogP contribution in [0.2, 0.25) is 0 Å². The molecule has 0 heterocycles. The fourth-order valence-electron chi connectivity index (χ4n) is 2.07. The van der Waals surface area contributed by atoms with Crippen molar-refractivity contribution in [2.45, 2.75) is 37.1 Å². The van der Waals surface area contributed by atoms with E-state index in [-0.39, 0.29) is 17.5 Å². The van der Waals surface area contributed by atoms with E-state index in [1.54, 1.807) is 24.3 Å². The Morgan fingerprint density at radius 2 is 2.25 bits per heavy atom. The summed E-state index contributed by atoms with van der Waals surface area (Å²) in [6.45, 7) is 2.07. The van der Waals surface area contributed by atoms with Crippen molar-refractivity contribution in [2.24, 2.45) is 5.92 Å². The van der Waals surface area contributed by atoms with Crippen molar-refractivity contribution in [2.75, 3.05) is 6.61 Å². The van der Waals surface area contributed by atoms with Gasteiger partial charge < -0.3 is 5.11 Å². The summed E-state index contributed by atoms with van der Waals surface area (Å²) in [5.41, 5.74) is 0.643. The molecular formula is C15H19NO3S. The van der Waals surface area contributed by atoms with E-state index in [9.17, 15) is 8.42 Å². The monoisotopic (exact) mass is 293 g/mol. The molecule has 0 amide bonds. The summed E-state index contributed by atoms with van der Waals surface area (Å²) in [4.78, 5) is 0.245. The van der Waals surface area contributed by atoms with Gasteiger partial charge in [0, 0.05) is 18.0 Å². The molecule has 2 rings (SSSR count). The van der Waals surface area contributed by atoms with Gasteiger partial charge in [-0.25, -0.2) is 13.1 Å². The van der Waals surface area contributed by atoms with Gasteiger partial charge in [-0.15, -0.1) is 0 Å². The van der Waals surface area contributed by atoms with Crippen LogP contribution >= 0.6 is 0 Å². The van der Waals surface area contributed by atoms with Crippen molar-refractivity contribution in [1.29, 1.82) is 0 Å². The van der Waals surface area contributed by atoms with Crippen molar-refractivity contribution < 1.29 is 13.5 Å². The largest absolute Gasteiger partial charge is 0.395 e. The fourth-order valence-corrected chi connectivity index (χ4v) is 3.44. The average Bonchev–Trinajstić information content (AvgIpc) is 3.17. The third-order valence-electron chi connectivity index (χ3n) is 3.37. The highest BCUT2D eigenvalue weighted by atomic mass is 32.2. The second kappa shape index (κ2) is 6.40. The smallest absolute Gasteiger partial charge is 0.240 e. The molecule has 4 nitrogen and oxygen atoms in total. The Morgan fingerprint density at radius 1 is 1.45 bits per heavy atom. The first-order valence-corrected chi connectivity index (χ1v) is 8.27. The number of hydrogen-bond acceptors (Lipinski definition) is 3. The Labute approximate surface area is 120 Å². The second-order valence-corrected chi connectivity index (χ2v) is 6.65. The SMILES string of the molecule is CCC1CC1NS(=O)(=O)c1cccc(C#CCCO)c1. The minimum absolute atomic E-state index is 0.00658. The summed E-state index contributed by atoms with van der Waals surface area (Å²) in [5.74, 6) is 6.10. The van der Waals surface area contributed by atoms with Gasteiger partial charge in [0.05, 0.1) is 11.5 Å². The van der Waals surface area contributed by atoms with E-state index in [2.05, 4.69) is 23.5 Å². The summed E-state index contributed by atoms with van der Waals surface area (Å²) in [7, 11) is -3.46. The van der Waals surface area contributed by atoms with Crippen LogP contribution in [0.25, 0.3) is 0 Å². The molecule has 108 valence electrons. The standard InChI is InChI=1S/C15H19NO3S/c1-2-13-11-15(13)16-20(18,19)14-8-5-7-12(10-14)6-3-4-9-17/h5,7-8,10,13,15-17H,2,4,9,11H2,1H3. The molecule has 1 fully saturated rings. The molecule has 1 aliphatic rings. The van der Waals surface area contributed by atoms with Gasteiger partial charge in [-0.1, -0.05) is 31.3 Å². The minimum Gasteiger partial charge on any atom is -0.395 e. The van der Waals surface area contributed by atoms with Crippen molar-refractivity contribution in [3.63, 3.8) is 0 Å². The van der Waals surface area contributed by atoms with Gasteiger partial charge in [0.25, 0.3) is 0 Å². The van der Waals surface area contributed by atoms with Gasteiger partial charge in [-0.05, 0) is 30.5 Å². The van der Waals surface area contributed by atoms with Crippen molar-refractivity contribution in [3.05, 3.63) is 29.8 Å². The summed E-state index contributed by atoms with van der Waals surface area (Å²) in [6, 6.07) is 6.66. The molecule has 20 heavy (non-hydrogen) atoms. The van der Waals surface area contributed by atoms with E-state index in [1.807, 2.05) is 0 Å². The number of nitrogens with one attached hydrogen (secondary N) is 1. The molecule has 2 unspecified atom stereocenters. The summed E-state index contributed by atoms with van der Waals surface area (Å²) in [5, 5.41) is 8.67. The zero-order chi connectivity index (χ0) is 14.6. The highest BCUT2D eigenvalue weighted by Crippen LogP contribution is 2.34. The van der Waals surface area contributed by atoms with Gasteiger partial charge in [0.2, 0.25) is 10.0 Å². The van der Waals surface area contributed by atoms with Crippen LogP contribution in [-0.4, -0.2) is 26.2 Å². The first kappa shape index (κ1) is 15.0. The van der Waals surface area contributed by atoms with Crippen molar-refractivity contribution >= 4 is 10.0 Å². The van der Waals surface area contributed by atoms with Crippen LogP contribution in [0.5, 0.6) is 0 Å². The zero-order valence-electron chi connectivity index (χ0n) is 11.5. The topological polar surface area (TPSA) is 66.4 Å². The first-order valence-electron chi connectivity index (χ1n) is 6.79. The van der Waals surface area contributed by atoms with Crippen LogP contribution in [0.3, 0.4) is 0 Å². The van der Waals surface area contributed by atoms with E-state index in [0.29, 0.717) is 17.9 Å². The Balaban J connectivity index is 2.12. The van der Waals surface area contributed by atoms with Crippen LogP contribution in [0.4, 0.5) is 0 Å².